The van der Waals surface area contributed by atoms with Gasteiger partial charge >= 0.3 is 5.97 Å². The molecule has 3 aromatic rings. The van der Waals surface area contributed by atoms with Crippen molar-refractivity contribution < 1.29 is 23.3 Å². The van der Waals surface area contributed by atoms with E-state index in [1.165, 1.54) is 0 Å². The highest BCUT2D eigenvalue weighted by Crippen LogP contribution is 2.22. The zero-order valence-corrected chi connectivity index (χ0v) is 14.4. The number of carbonyl (C=O) groups is 2. The second-order valence-electron chi connectivity index (χ2n) is 6.24. The number of furan rings is 1. The van der Waals surface area contributed by atoms with Crippen molar-refractivity contribution in [2.45, 2.75) is 19.6 Å². The predicted molar refractivity (Wildman–Crippen MR) is 91.8 cm³/mol. The molecule has 4 rings (SSSR count). The third-order valence-electron chi connectivity index (χ3n) is 4.31. The zero-order valence-electron chi connectivity index (χ0n) is 14.4. The fourth-order valence-corrected chi connectivity index (χ4v) is 2.94. The van der Waals surface area contributed by atoms with Crippen LogP contribution in [0.15, 0.2) is 57.7 Å². The van der Waals surface area contributed by atoms with Gasteiger partial charge in [-0.1, -0.05) is 35.5 Å². The van der Waals surface area contributed by atoms with E-state index in [0.29, 0.717) is 24.7 Å². The van der Waals surface area contributed by atoms with Gasteiger partial charge < -0.3 is 18.6 Å². The maximum Gasteiger partial charge on any atom is 0.311 e. The van der Waals surface area contributed by atoms with Gasteiger partial charge in [0.05, 0.1) is 18.7 Å². The molecule has 1 atom stereocenters. The Bertz CT molecular complexity index is 920. The van der Waals surface area contributed by atoms with Crippen LogP contribution in [-0.2, 0) is 27.5 Å². The summed E-state index contributed by atoms with van der Waals surface area (Å²) in [6.07, 6.45) is 1.67. The summed E-state index contributed by atoms with van der Waals surface area (Å²) in [6.45, 7) is 0.527. The Hall–Kier alpha value is -3.42. The molecule has 0 radical (unpaired) electrons. The number of carbonyl (C=O) groups excluding carboxylic acids is 2. The van der Waals surface area contributed by atoms with Crippen molar-refractivity contribution in [1.82, 2.24) is 15.0 Å². The molecular formula is C19H17N3O5. The molecule has 1 saturated heterocycles. The number of rotatable bonds is 6. The van der Waals surface area contributed by atoms with Gasteiger partial charge in [0.15, 0.2) is 6.61 Å². The van der Waals surface area contributed by atoms with E-state index in [-0.39, 0.29) is 24.8 Å². The molecule has 1 amide bonds. The monoisotopic (exact) mass is 367 g/mol. The number of benzene rings is 1. The minimum Gasteiger partial charge on any atom is -0.467 e. The molecule has 138 valence electrons. The molecule has 8 nitrogen and oxygen atoms in total. The van der Waals surface area contributed by atoms with Crippen LogP contribution in [0.2, 0.25) is 0 Å². The van der Waals surface area contributed by atoms with Crippen LogP contribution in [0.5, 0.6) is 0 Å². The standard InChI is InChI=1S/C19H17N3O5/c23-17-9-14(10-22(17)11-15-7-4-8-25-15)19(24)26-12-16-20-18(21-27-16)13-5-2-1-3-6-13/h1-8,14H,9-12H2/t14-/m0/s1. The van der Waals surface area contributed by atoms with Crippen LogP contribution in [0, 0.1) is 5.92 Å². The predicted octanol–water partition coefficient (Wildman–Crippen LogP) is 2.42. The quantitative estimate of drug-likeness (QED) is 0.617. The van der Waals surface area contributed by atoms with Gasteiger partial charge in [0, 0.05) is 18.5 Å². The molecule has 2 aromatic heterocycles. The SMILES string of the molecule is O=C(OCc1nc(-c2ccccc2)no1)[C@H]1CC(=O)N(Cc2ccco2)C1. The maximum atomic E-state index is 12.3. The van der Waals surface area contributed by atoms with Crippen molar-refractivity contribution in [3.8, 4) is 11.4 Å². The molecule has 1 aliphatic rings. The van der Waals surface area contributed by atoms with E-state index in [1.807, 2.05) is 30.3 Å². The van der Waals surface area contributed by atoms with Gasteiger partial charge in [0.1, 0.15) is 5.76 Å². The van der Waals surface area contributed by atoms with E-state index < -0.39 is 11.9 Å². The van der Waals surface area contributed by atoms with Crippen molar-refractivity contribution in [2.24, 2.45) is 5.92 Å². The lowest BCUT2D eigenvalue weighted by Gasteiger charge is -2.14. The van der Waals surface area contributed by atoms with Gasteiger partial charge in [-0.25, -0.2) is 0 Å². The number of ether oxygens (including phenoxy) is 1. The molecule has 3 heterocycles. The van der Waals surface area contributed by atoms with Gasteiger partial charge in [0.25, 0.3) is 5.89 Å². The molecule has 0 N–H and O–H groups in total. The lowest BCUT2D eigenvalue weighted by atomic mass is 10.1. The summed E-state index contributed by atoms with van der Waals surface area (Å²) in [4.78, 5) is 30.2. The summed E-state index contributed by atoms with van der Waals surface area (Å²) in [5.41, 5.74) is 0.814. The minimum absolute atomic E-state index is 0.0995. The fourth-order valence-electron chi connectivity index (χ4n) is 2.94. The molecule has 0 unspecified atom stereocenters. The second-order valence-corrected chi connectivity index (χ2v) is 6.24. The van der Waals surface area contributed by atoms with Crippen molar-refractivity contribution in [3.05, 3.63) is 60.4 Å². The number of hydrogen-bond donors (Lipinski definition) is 0. The van der Waals surface area contributed by atoms with Crippen molar-refractivity contribution in [3.63, 3.8) is 0 Å². The summed E-state index contributed by atoms with van der Waals surface area (Å²) in [7, 11) is 0. The summed E-state index contributed by atoms with van der Waals surface area (Å²) in [5.74, 6) is 0.254. The number of likely N-dealkylation sites (tertiary alicyclic amines) is 1. The number of amides is 1. The van der Waals surface area contributed by atoms with E-state index in [9.17, 15) is 9.59 Å². The summed E-state index contributed by atoms with van der Waals surface area (Å²) < 4.78 is 15.6. The molecule has 8 heteroatoms. The van der Waals surface area contributed by atoms with Gasteiger partial charge in [-0.3, -0.25) is 9.59 Å². The van der Waals surface area contributed by atoms with E-state index in [4.69, 9.17) is 13.7 Å². The first-order valence-corrected chi connectivity index (χ1v) is 8.54. The lowest BCUT2D eigenvalue weighted by molar-refractivity contribution is -0.150. The molecule has 27 heavy (non-hydrogen) atoms. The fraction of sp³-hybridized carbons (Fsp3) is 0.263. The van der Waals surface area contributed by atoms with Gasteiger partial charge in [-0.05, 0) is 12.1 Å². The molecule has 1 aromatic carbocycles. The molecule has 0 saturated carbocycles. The highest BCUT2D eigenvalue weighted by Gasteiger charge is 2.35. The van der Waals surface area contributed by atoms with E-state index in [0.717, 1.165) is 5.56 Å². The Labute approximate surface area is 154 Å². The number of hydrogen-bond acceptors (Lipinski definition) is 7. The molecule has 0 spiro atoms. The number of esters is 1. The van der Waals surface area contributed by atoms with Gasteiger partial charge in [-0.15, -0.1) is 0 Å². The number of aromatic nitrogens is 2. The Morgan fingerprint density at radius 1 is 1.22 bits per heavy atom. The third kappa shape index (κ3) is 3.89. The third-order valence-corrected chi connectivity index (χ3v) is 4.31. The first-order chi connectivity index (χ1) is 13.2. The Balaban J connectivity index is 1.31. The average Bonchev–Trinajstić information content (AvgIpc) is 3.43. The van der Waals surface area contributed by atoms with Crippen molar-refractivity contribution in [2.75, 3.05) is 6.54 Å². The van der Waals surface area contributed by atoms with E-state index >= 15 is 0 Å². The van der Waals surface area contributed by atoms with Crippen LogP contribution in [0.25, 0.3) is 11.4 Å². The Morgan fingerprint density at radius 2 is 2.07 bits per heavy atom. The topological polar surface area (TPSA) is 98.7 Å². The van der Waals surface area contributed by atoms with Gasteiger partial charge in [-0.2, -0.15) is 4.98 Å². The molecule has 1 fully saturated rings. The highest BCUT2D eigenvalue weighted by atomic mass is 16.6. The minimum atomic E-state index is -0.510. The zero-order chi connectivity index (χ0) is 18.6. The summed E-state index contributed by atoms with van der Waals surface area (Å²) in [5, 5.41) is 3.88. The van der Waals surface area contributed by atoms with E-state index in [1.54, 1.807) is 23.3 Å². The molecule has 0 bridgehead atoms. The first-order valence-electron chi connectivity index (χ1n) is 8.54. The largest absolute Gasteiger partial charge is 0.467 e. The van der Waals surface area contributed by atoms with Crippen LogP contribution >= 0.6 is 0 Å². The van der Waals surface area contributed by atoms with E-state index in [2.05, 4.69) is 10.1 Å². The normalized spacial score (nSPS) is 16.7. The maximum absolute atomic E-state index is 12.3. The Morgan fingerprint density at radius 3 is 2.85 bits per heavy atom. The lowest BCUT2D eigenvalue weighted by Crippen LogP contribution is -2.26. The average molecular weight is 367 g/mol. The van der Waals surface area contributed by atoms with Gasteiger partial charge in [0.2, 0.25) is 11.7 Å². The van der Waals surface area contributed by atoms with Crippen LogP contribution < -0.4 is 0 Å². The molecule has 0 aliphatic carbocycles. The summed E-state index contributed by atoms with van der Waals surface area (Å²) in [6, 6.07) is 12.9. The van der Waals surface area contributed by atoms with Crippen molar-refractivity contribution in [1.29, 1.82) is 0 Å². The Kier molecular flexibility index (Phi) is 4.69. The van der Waals surface area contributed by atoms with Crippen LogP contribution in [0.4, 0.5) is 0 Å². The summed E-state index contributed by atoms with van der Waals surface area (Å²) >= 11 is 0. The van der Waals surface area contributed by atoms with Crippen LogP contribution in [0.3, 0.4) is 0 Å². The van der Waals surface area contributed by atoms with Crippen LogP contribution in [0.1, 0.15) is 18.1 Å². The van der Waals surface area contributed by atoms with Crippen molar-refractivity contribution >= 4 is 11.9 Å². The van der Waals surface area contributed by atoms with Crippen LogP contribution in [-0.4, -0.2) is 33.5 Å². The smallest absolute Gasteiger partial charge is 0.311 e. The molecular weight excluding hydrogens is 350 g/mol. The highest BCUT2D eigenvalue weighted by molar-refractivity contribution is 5.86. The second kappa shape index (κ2) is 7.45. The molecule has 1 aliphatic heterocycles. The first kappa shape index (κ1) is 17.0. The number of nitrogens with zero attached hydrogens (tertiary/aromatic N) is 3.